The Labute approximate surface area is 191 Å². The molecule has 0 aliphatic carbocycles. The van der Waals surface area contributed by atoms with Gasteiger partial charge in [-0.2, -0.15) is 11.3 Å². The molecule has 0 fully saturated rings. The fourth-order valence-corrected chi connectivity index (χ4v) is 3.42. The molecule has 0 saturated carbocycles. The van der Waals surface area contributed by atoms with Crippen LogP contribution in [0.1, 0.15) is 40.2 Å². The Hall–Kier alpha value is -2.72. The van der Waals surface area contributed by atoms with Gasteiger partial charge in [0.05, 0.1) is 0 Å². The molecule has 0 aliphatic rings. The number of halogens is 2. The van der Waals surface area contributed by atoms with E-state index >= 15 is 0 Å². The lowest BCUT2D eigenvalue weighted by molar-refractivity contribution is 0.509. The minimum atomic E-state index is -0.869. The van der Waals surface area contributed by atoms with Crippen LogP contribution in [0.4, 0.5) is 8.78 Å². The number of thiophene rings is 1. The zero-order valence-electron chi connectivity index (χ0n) is 18.9. The molecule has 2 radical (unpaired) electrons. The second-order valence-electron chi connectivity index (χ2n) is 6.63. The topological polar surface area (TPSA) is 0 Å². The second kappa shape index (κ2) is 12.9. The van der Waals surface area contributed by atoms with Crippen molar-refractivity contribution in [2.24, 2.45) is 0 Å². The second-order valence-corrected chi connectivity index (χ2v) is 7.75. The van der Waals surface area contributed by atoms with E-state index < -0.39 is 11.6 Å². The summed E-state index contributed by atoms with van der Waals surface area (Å²) in [5.41, 5.74) is 3.99. The summed E-state index contributed by atoms with van der Waals surface area (Å²) < 4.78 is 29.9. The largest absolute Gasteiger partial charge is 0.203 e. The van der Waals surface area contributed by atoms with Gasteiger partial charge in [-0.1, -0.05) is 81.2 Å². The van der Waals surface area contributed by atoms with Crippen molar-refractivity contribution in [1.82, 2.24) is 0 Å². The SMILES string of the molecule is CC.[B]c1ccc(-c2ccc(/C(C)=C/C=C(C=C)/C(C)=C/C=C(/C)C=C)c(F)c2F)s1. The minimum absolute atomic E-state index is 0.214. The summed E-state index contributed by atoms with van der Waals surface area (Å²) in [6.45, 7) is 17.2. The van der Waals surface area contributed by atoms with E-state index in [-0.39, 0.29) is 11.1 Å². The molecule has 0 nitrogen and oxygen atoms in total. The van der Waals surface area contributed by atoms with Crippen molar-refractivity contribution in [2.45, 2.75) is 34.6 Å². The molecule has 2 rings (SSSR count). The molecule has 0 spiro atoms. The third kappa shape index (κ3) is 7.18. The highest BCUT2D eigenvalue weighted by Crippen LogP contribution is 2.31. The quantitative estimate of drug-likeness (QED) is 0.305. The molecule has 2 aromatic rings. The number of benzene rings is 1. The normalized spacial score (nSPS) is 12.9. The van der Waals surface area contributed by atoms with E-state index in [1.54, 1.807) is 49.4 Å². The summed E-state index contributed by atoms with van der Waals surface area (Å²) in [5.74, 6) is -1.74. The molecule has 0 saturated heterocycles. The summed E-state index contributed by atoms with van der Waals surface area (Å²) >= 11 is 1.23. The zero-order valence-corrected chi connectivity index (χ0v) is 19.7. The molecular weight excluding hydrogens is 405 g/mol. The van der Waals surface area contributed by atoms with E-state index in [0.29, 0.717) is 15.2 Å². The molecule has 1 aromatic carbocycles. The molecule has 160 valence electrons. The molecular formula is C27H29BF2S. The first-order chi connectivity index (χ1) is 14.8. The number of hydrogen-bond acceptors (Lipinski definition) is 1. The molecule has 0 amide bonds. The summed E-state index contributed by atoms with van der Waals surface area (Å²) in [6, 6.07) is 6.55. The van der Waals surface area contributed by atoms with E-state index in [1.807, 2.05) is 45.9 Å². The third-order valence-electron chi connectivity index (χ3n) is 4.51. The number of hydrogen-bond donors (Lipinski definition) is 0. The first-order valence-electron chi connectivity index (χ1n) is 10.1. The standard InChI is InChI=1S/C25H23BF2S.C2H6/c1-6-16(3)8-9-17(4)19(7-2)11-10-18(5)20-12-13-21(25(28)24(20)27)22-14-15-23(26)29-22;1-2/h6-15H,1-2H2,3-5H3;1-2H3/b16-8-,17-9+,18-10+,19-11+;. The van der Waals surface area contributed by atoms with Gasteiger partial charge in [0.2, 0.25) is 0 Å². The zero-order chi connectivity index (χ0) is 23.6. The first-order valence-corrected chi connectivity index (χ1v) is 10.9. The predicted molar refractivity (Wildman–Crippen MR) is 136 cm³/mol. The lowest BCUT2D eigenvalue weighted by Crippen LogP contribution is -1.95. The van der Waals surface area contributed by atoms with Crippen LogP contribution in [0.5, 0.6) is 0 Å². The van der Waals surface area contributed by atoms with Crippen molar-refractivity contribution in [3.05, 3.63) is 108 Å². The fraction of sp³-hybridized carbons (Fsp3) is 0.185. The molecule has 0 bridgehead atoms. The van der Waals surface area contributed by atoms with Crippen LogP contribution in [-0.4, -0.2) is 7.85 Å². The van der Waals surface area contributed by atoms with Crippen LogP contribution < -0.4 is 4.78 Å². The predicted octanol–water partition coefficient (Wildman–Crippen LogP) is 8.11. The maximum atomic E-state index is 14.7. The maximum absolute atomic E-state index is 14.7. The van der Waals surface area contributed by atoms with Crippen molar-refractivity contribution in [3.63, 3.8) is 0 Å². The van der Waals surface area contributed by atoms with Crippen LogP contribution in [-0.2, 0) is 0 Å². The van der Waals surface area contributed by atoms with Gasteiger partial charge in [0, 0.05) is 16.0 Å². The number of allylic oxidation sites excluding steroid dienone is 10. The van der Waals surface area contributed by atoms with Crippen molar-refractivity contribution in [2.75, 3.05) is 0 Å². The molecule has 0 N–H and O–H groups in total. The molecule has 1 heterocycles. The highest BCUT2D eigenvalue weighted by molar-refractivity contribution is 7.23. The van der Waals surface area contributed by atoms with Gasteiger partial charge in [-0.25, -0.2) is 8.78 Å². The van der Waals surface area contributed by atoms with Crippen LogP contribution in [0.3, 0.4) is 0 Å². The van der Waals surface area contributed by atoms with Crippen molar-refractivity contribution in [3.8, 4) is 10.4 Å². The maximum Gasteiger partial charge on any atom is 0.168 e. The van der Waals surface area contributed by atoms with E-state index in [4.69, 9.17) is 7.85 Å². The van der Waals surface area contributed by atoms with Gasteiger partial charge in [0.15, 0.2) is 11.6 Å². The minimum Gasteiger partial charge on any atom is -0.203 e. The monoisotopic (exact) mass is 434 g/mol. The van der Waals surface area contributed by atoms with Gasteiger partial charge in [0.25, 0.3) is 0 Å². The van der Waals surface area contributed by atoms with Gasteiger partial charge in [-0.05, 0) is 54.4 Å². The molecule has 4 heteroatoms. The summed E-state index contributed by atoms with van der Waals surface area (Å²) in [5, 5.41) is 0. The van der Waals surface area contributed by atoms with Crippen LogP contribution in [0, 0.1) is 11.6 Å². The van der Waals surface area contributed by atoms with Crippen molar-refractivity contribution in [1.29, 1.82) is 0 Å². The van der Waals surface area contributed by atoms with Gasteiger partial charge in [0.1, 0.15) is 7.85 Å². The Bertz CT molecular complexity index is 1050. The molecule has 0 atom stereocenters. The Morgan fingerprint density at radius 1 is 0.871 bits per heavy atom. The Morgan fingerprint density at radius 3 is 2.10 bits per heavy atom. The highest BCUT2D eigenvalue weighted by atomic mass is 32.1. The van der Waals surface area contributed by atoms with E-state index in [0.717, 1.165) is 16.7 Å². The average molecular weight is 434 g/mol. The first kappa shape index (κ1) is 26.3. The average Bonchev–Trinajstić information content (AvgIpc) is 3.21. The lowest BCUT2D eigenvalue weighted by Gasteiger charge is -2.08. The Kier molecular flexibility index (Phi) is 10.9. The molecule has 0 unspecified atom stereocenters. The van der Waals surface area contributed by atoms with E-state index in [9.17, 15) is 8.78 Å². The lowest BCUT2D eigenvalue weighted by atomic mass is 10.0. The smallest absolute Gasteiger partial charge is 0.168 e. The Morgan fingerprint density at radius 2 is 1.55 bits per heavy atom. The van der Waals surface area contributed by atoms with Crippen molar-refractivity contribution < 1.29 is 8.78 Å². The summed E-state index contributed by atoms with van der Waals surface area (Å²) in [4.78, 5) is 0.601. The Balaban J connectivity index is 0.00000233. The van der Waals surface area contributed by atoms with Gasteiger partial charge < -0.3 is 0 Å². The number of rotatable bonds is 7. The highest BCUT2D eigenvalue weighted by Gasteiger charge is 2.16. The fourth-order valence-electron chi connectivity index (χ4n) is 2.63. The van der Waals surface area contributed by atoms with Crippen LogP contribution in [0.15, 0.2) is 90.6 Å². The summed E-state index contributed by atoms with van der Waals surface area (Å²) in [6.07, 6.45) is 11.0. The van der Waals surface area contributed by atoms with E-state index in [2.05, 4.69) is 13.2 Å². The van der Waals surface area contributed by atoms with Crippen LogP contribution >= 0.6 is 11.3 Å². The molecule has 0 aliphatic heterocycles. The van der Waals surface area contributed by atoms with Crippen LogP contribution in [0.2, 0.25) is 0 Å². The van der Waals surface area contributed by atoms with Crippen LogP contribution in [0.25, 0.3) is 16.0 Å². The van der Waals surface area contributed by atoms with Gasteiger partial charge in [-0.3, -0.25) is 0 Å². The summed E-state index contributed by atoms with van der Waals surface area (Å²) in [7, 11) is 5.70. The van der Waals surface area contributed by atoms with Gasteiger partial charge >= 0.3 is 0 Å². The molecule has 31 heavy (non-hydrogen) atoms. The van der Waals surface area contributed by atoms with Gasteiger partial charge in [-0.15, -0.1) is 0 Å². The van der Waals surface area contributed by atoms with Crippen molar-refractivity contribution >= 4 is 29.5 Å². The molecule has 1 aromatic heterocycles. The third-order valence-corrected chi connectivity index (χ3v) is 5.45. The van der Waals surface area contributed by atoms with E-state index in [1.165, 1.54) is 11.3 Å².